The third kappa shape index (κ3) is 4.48. The molecule has 0 aromatic carbocycles. The van der Waals surface area contributed by atoms with E-state index in [2.05, 4.69) is 24.1 Å². The average molecular weight is 266 g/mol. The summed E-state index contributed by atoms with van der Waals surface area (Å²) in [5.74, 6) is 0.837. The minimum absolute atomic E-state index is 0.0199. The molecule has 1 heterocycles. The average Bonchev–Trinajstić information content (AvgIpc) is 2.43. The molecule has 4 heteroatoms. The monoisotopic (exact) mass is 266 g/mol. The van der Waals surface area contributed by atoms with Crippen LogP contribution in [0.15, 0.2) is 12.1 Å². The third-order valence-electron chi connectivity index (χ3n) is 3.86. The number of aromatic nitrogens is 1. The van der Waals surface area contributed by atoms with E-state index in [4.69, 9.17) is 4.74 Å². The molecule has 0 fully saturated rings. The number of rotatable bonds is 8. The quantitative estimate of drug-likeness (QED) is 0.758. The minimum atomic E-state index is -0.0199. The predicted molar refractivity (Wildman–Crippen MR) is 77.3 cm³/mol. The highest BCUT2D eigenvalue weighted by atomic mass is 16.5. The smallest absolute Gasteiger partial charge is 0.122 e. The van der Waals surface area contributed by atoms with Crippen LogP contribution in [-0.4, -0.2) is 30.4 Å². The molecule has 1 aromatic rings. The zero-order chi connectivity index (χ0) is 14.3. The molecular weight excluding hydrogens is 240 g/mol. The highest BCUT2D eigenvalue weighted by molar-refractivity contribution is 5.26. The zero-order valence-corrected chi connectivity index (χ0v) is 12.5. The summed E-state index contributed by atoms with van der Waals surface area (Å²) < 4.78 is 5.24. The van der Waals surface area contributed by atoms with Crippen LogP contribution >= 0.6 is 0 Å². The van der Waals surface area contributed by atoms with E-state index in [0.29, 0.717) is 6.54 Å². The van der Waals surface area contributed by atoms with E-state index in [1.54, 1.807) is 7.11 Å². The predicted octanol–water partition coefficient (Wildman–Crippen LogP) is 2.29. The Bertz CT molecular complexity index is 381. The van der Waals surface area contributed by atoms with Gasteiger partial charge in [-0.05, 0) is 19.8 Å². The largest absolute Gasteiger partial charge is 0.497 e. The molecule has 0 radical (unpaired) electrons. The first kappa shape index (κ1) is 15.9. The fourth-order valence-electron chi connectivity index (χ4n) is 2.15. The van der Waals surface area contributed by atoms with Crippen molar-refractivity contribution in [3.63, 3.8) is 0 Å². The van der Waals surface area contributed by atoms with Crippen molar-refractivity contribution in [1.29, 1.82) is 0 Å². The summed E-state index contributed by atoms with van der Waals surface area (Å²) in [6.45, 7) is 7.92. The van der Waals surface area contributed by atoms with E-state index in [1.165, 1.54) is 0 Å². The van der Waals surface area contributed by atoms with E-state index in [1.807, 2.05) is 19.1 Å². The van der Waals surface area contributed by atoms with Crippen molar-refractivity contribution in [3.05, 3.63) is 23.5 Å². The van der Waals surface area contributed by atoms with Crippen LogP contribution in [0.25, 0.3) is 0 Å². The van der Waals surface area contributed by atoms with Crippen LogP contribution in [0.5, 0.6) is 5.75 Å². The maximum Gasteiger partial charge on any atom is 0.122 e. The molecule has 0 saturated heterocycles. The molecule has 19 heavy (non-hydrogen) atoms. The second-order valence-electron chi connectivity index (χ2n) is 5.11. The van der Waals surface area contributed by atoms with Crippen molar-refractivity contribution in [1.82, 2.24) is 10.3 Å². The van der Waals surface area contributed by atoms with E-state index in [0.717, 1.165) is 36.5 Å². The van der Waals surface area contributed by atoms with Gasteiger partial charge < -0.3 is 15.2 Å². The number of methoxy groups -OCH3 is 1. The second-order valence-corrected chi connectivity index (χ2v) is 5.11. The molecule has 1 aromatic heterocycles. The molecule has 4 nitrogen and oxygen atoms in total. The lowest BCUT2D eigenvalue weighted by molar-refractivity contribution is 0.113. The number of aliphatic hydroxyl groups excluding tert-OH is 1. The van der Waals surface area contributed by atoms with Crippen LogP contribution in [0.1, 0.15) is 38.1 Å². The third-order valence-corrected chi connectivity index (χ3v) is 3.86. The van der Waals surface area contributed by atoms with Gasteiger partial charge in [0.15, 0.2) is 0 Å². The van der Waals surface area contributed by atoms with Gasteiger partial charge in [-0.25, -0.2) is 0 Å². The van der Waals surface area contributed by atoms with Gasteiger partial charge in [0.2, 0.25) is 0 Å². The molecule has 1 rings (SSSR count). The molecule has 0 spiro atoms. The molecule has 0 saturated carbocycles. The maximum absolute atomic E-state index is 9.52. The van der Waals surface area contributed by atoms with Crippen LogP contribution in [0.2, 0.25) is 0 Å². The lowest BCUT2D eigenvalue weighted by atomic mass is 9.83. The van der Waals surface area contributed by atoms with Crippen LogP contribution in [-0.2, 0) is 6.54 Å². The number of aryl methyl sites for hydroxylation is 1. The maximum atomic E-state index is 9.52. The van der Waals surface area contributed by atoms with Crippen molar-refractivity contribution in [3.8, 4) is 5.75 Å². The first-order valence-corrected chi connectivity index (χ1v) is 6.92. The molecule has 0 aliphatic carbocycles. The standard InChI is InChI=1S/C15H26N2O2/c1-5-15(6-2,11-18)10-16-9-13-8-14(19-4)7-12(3)17-13/h7-8,16,18H,5-6,9-11H2,1-4H3. The van der Waals surface area contributed by atoms with Crippen molar-refractivity contribution in [2.24, 2.45) is 5.41 Å². The Labute approximate surface area is 116 Å². The Hall–Kier alpha value is -1.13. The minimum Gasteiger partial charge on any atom is -0.497 e. The van der Waals surface area contributed by atoms with Crippen LogP contribution in [0, 0.1) is 12.3 Å². The molecular formula is C15H26N2O2. The van der Waals surface area contributed by atoms with Gasteiger partial charge in [0.1, 0.15) is 5.75 Å². The SMILES string of the molecule is CCC(CC)(CO)CNCc1cc(OC)cc(C)n1. The first-order valence-electron chi connectivity index (χ1n) is 6.92. The topological polar surface area (TPSA) is 54.4 Å². The molecule has 0 aliphatic heterocycles. The number of hydrogen-bond acceptors (Lipinski definition) is 4. The van der Waals surface area contributed by atoms with Gasteiger partial charge in [0.05, 0.1) is 12.8 Å². The van der Waals surface area contributed by atoms with Gasteiger partial charge in [0.25, 0.3) is 0 Å². The molecule has 0 amide bonds. The summed E-state index contributed by atoms with van der Waals surface area (Å²) >= 11 is 0. The summed E-state index contributed by atoms with van der Waals surface area (Å²) in [4.78, 5) is 4.47. The van der Waals surface area contributed by atoms with Gasteiger partial charge in [0, 0.05) is 42.9 Å². The fourth-order valence-corrected chi connectivity index (χ4v) is 2.15. The van der Waals surface area contributed by atoms with Crippen LogP contribution < -0.4 is 10.1 Å². The van der Waals surface area contributed by atoms with Gasteiger partial charge in [-0.2, -0.15) is 0 Å². The van der Waals surface area contributed by atoms with E-state index >= 15 is 0 Å². The van der Waals surface area contributed by atoms with E-state index in [-0.39, 0.29) is 12.0 Å². The summed E-state index contributed by atoms with van der Waals surface area (Å²) in [5, 5.41) is 12.9. The second kappa shape index (κ2) is 7.46. The number of aliphatic hydroxyl groups is 1. The van der Waals surface area contributed by atoms with Gasteiger partial charge in [-0.15, -0.1) is 0 Å². The zero-order valence-electron chi connectivity index (χ0n) is 12.5. The molecule has 2 N–H and O–H groups in total. The van der Waals surface area contributed by atoms with E-state index < -0.39 is 0 Å². The Morgan fingerprint density at radius 2 is 2.00 bits per heavy atom. The first-order chi connectivity index (χ1) is 9.09. The van der Waals surface area contributed by atoms with Gasteiger partial charge >= 0.3 is 0 Å². The fraction of sp³-hybridized carbons (Fsp3) is 0.667. The van der Waals surface area contributed by atoms with Crippen LogP contribution in [0.4, 0.5) is 0 Å². The lowest BCUT2D eigenvalue weighted by Crippen LogP contribution is -2.36. The molecule has 0 bridgehead atoms. The summed E-state index contributed by atoms with van der Waals surface area (Å²) in [6, 6.07) is 3.86. The van der Waals surface area contributed by atoms with E-state index in [9.17, 15) is 5.11 Å². The molecule has 108 valence electrons. The molecule has 0 unspecified atom stereocenters. The highest BCUT2D eigenvalue weighted by Crippen LogP contribution is 2.24. The number of ether oxygens (including phenoxy) is 1. The van der Waals surface area contributed by atoms with Crippen molar-refractivity contribution in [2.75, 3.05) is 20.3 Å². The Morgan fingerprint density at radius 1 is 1.32 bits per heavy atom. The summed E-state index contributed by atoms with van der Waals surface area (Å²) in [5.41, 5.74) is 1.90. The van der Waals surface area contributed by atoms with Crippen molar-refractivity contribution >= 4 is 0 Å². The van der Waals surface area contributed by atoms with Crippen molar-refractivity contribution < 1.29 is 9.84 Å². The molecule has 0 aliphatic rings. The van der Waals surface area contributed by atoms with Crippen LogP contribution in [0.3, 0.4) is 0 Å². The Kier molecular flexibility index (Phi) is 6.25. The number of hydrogen-bond donors (Lipinski definition) is 2. The van der Waals surface area contributed by atoms with Crippen molar-refractivity contribution in [2.45, 2.75) is 40.2 Å². The number of nitrogens with zero attached hydrogens (tertiary/aromatic N) is 1. The Balaban J connectivity index is 2.59. The molecule has 0 atom stereocenters. The lowest BCUT2D eigenvalue weighted by Gasteiger charge is -2.29. The van der Waals surface area contributed by atoms with Gasteiger partial charge in [-0.1, -0.05) is 13.8 Å². The highest BCUT2D eigenvalue weighted by Gasteiger charge is 2.24. The number of nitrogens with one attached hydrogen (secondary N) is 1. The Morgan fingerprint density at radius 3 is 2.53 bits per heavy atom. The summed E-state index contributed by atoms with van der Waals surface area (Å²) in [6.07, 6.45) is 1.94. The summed E-state index contributed by atoms with van der Waals surface area (Å²) in [7, 11) is 1.66. The number of pyridine rings is 1. The van der Waals surface area contributed by atoms with Gasteiger partial charge in [-0.3, -0.25) is 4.98 Å². The normalized spacial score (nSPS) is 11.6.